The maximum Gasteiger partial charge on any atom is 0.234 e. The van der Waals surface area contributed by atoms with Crippen LogP contribution in [-0.4, -0.2) is 26.4 Å². The number of carbonyl (C=O) groups is 1. The number of aromatic nitrogens is 3. The van der Waals surface area contributed by atoms with Crippen molar-refractivity contribution in [3.63, 3.8) is 0 Å². The molecule has 0 aliphatic carbocycles. The molecule has 5 nitrogen and oxygen atoms in total. The van der Waals surface area contributed by atoms with Gasteiger partial charge in [-0.3, -0.25) is 9.36 Å². The summed E-state index contributed by atoms with van der Waals surface area (Å²) in [4.78, 5) is 12.7. The number of nitrogens with zero attached hydrogens (tertiary/aromatic N) is 3. The molecule has 1 heterocycles. The molecule has 1 amide bonds. The standard InChI is InChI=1S/C27H26Cl2N4OS/c1-17-15-21(29)11-14-23(17)30-24(34)16-35-26-32-31-25(33(26)22-12-9-20(28)10-13-22)18-5-7-19(8-6-18)27(2,3)4/h5-15H,16H2,1-4H3,(H,30,34). The maximum atomic E-state index is 12.7. The van der Waals surface area contributed by atoms with Gasteiger partial charge in [0.15, 0.2) is 11.0 Å². The van der Waals surface area contributed by atoms with Crippen LogP contribution in [0.4, 0.5) is 5.69 Å². The van der Waals surface area contributed by atoms with Gasteiger partial charge in [0, 0.05) is 27.0 Å². The summed E-state index contributed by atoms with van der Waals surface area (Å²) in [7, 11) is 0. The van der Waals surface area contributed by atoms with Crippen LogP contribution >= 0.6 is 35.0 Å². The number of thioether (sulfide) groups is 1. The molecule has 3 aromatic carbocycles. The van der Waals surface area contributed by atoms with Crippen LogP contribution in [0.15, 0.2) is 71.9 Å². The summed E-state index contributed by atoms with van der Waals surface area (Å²) in [5.74, 6) is 0.739. The van der Waals surface area contributed by atoms with Gasteiger partial charge in [-0.2, -0.15) is 0 Å². The molecule has 0 atom stereocenters. The minimum atomic E-state index is -0.137. The number of nitrogens with one attached hydrogen (secondary N) is 1. The Labute approximate surface area is 219 Å². The van der Waals surface area contributed by atoms with Crippen LogP contribution in [-0.2, 0) is 10.2 Å². The molecular formula is C27H26Cl2N4OS. The van der Waals surface area contributed by atoms with Gasteiger partial charge in [-0.05, 0) is 65.9 Å². The molecule has 0 aliphatic heterocycles. The topological polar surface area (TPSA) is 59.8 Å². The fourth-order valence-electron chi connectivity index (χ4n) is 3.58. The van der Waals surface area contributed by atoms with Crippen molar-refractivity contribution in [2.45, 2.75) is 38.3 Å². The summed E-state index contributed by atoms with van der Waals surface area (Å²) in [6, 6.07) is 21.2. The molecular weight excluding hydrogens is 499 g/mol. The molecule has 0 unspecified atom stereocenters. The lowest BCUT2D eigenvalue weighted by Gasteiger charge is -2.19. The number of carbonyl (C=O) groups excluding carboxylic acids is 1. The molecule has 0 fully saturated rings. The SMILES string of the molecule is Cc1cc(Cl)ccc1NC(=O)CSc1nnc(-c2ccc(C(C)(C)C)cc2)n1-c1ccc(Cl)cc1. The first-order valence-corrected chi connectivity index (χ1v) is 12.9. The number of hydrogen-bond donors (Lipinski definition) is 1. The molecule has 35 heavy (non-hydrogen) atoms. The third-order valence-electron chi connectivity index (χ3n) is 5.52. The van der Waals surface area contributed by atoms with Crippen LogP contribution in [0, 0.1) is 6.92 Å². The Hall–Kier alpha value is -2.80. The average molecular weight is 526 g/mol. The molecule has 0 saturated heterocycles. The van der Waals surface area contributed by atoms with E-state index in [9.17, 15) is 4.79 Å². The Morgan fingerprint density at radius 1 is 0.943 bits per heavy atom. The van der Waals surface area contributed by atoms with Gasteiger partial charge in [0.05, 0.1) is 5.75 Å². The van der Waals surface area contributed by atoms with Crippen LogP contribution in [0.3, 0.4) is 0 Å². The first kappa shape index (κ1) is 25.3. The number of amides is 1. The van der Waals surface area contributed by atoms with Crippen molar-refractivity contribution in [3.05, 3.63) is 87.9 Å². The highest BCUT2D eigenvalue weighted by Crippen LogP contribution is 2.31. The number of benzene rings is 3. The monoisotopic (exact) mass is 524 g/mol. The summed E-state index contributed by atoms with van der Waals surface area (Å²) in [5.41, 5.74) is 4.74. The van der Waals surface area contributed by atoms with E-state index in [2.05, 4.69) is 60.6 Å². The van der Waals surface area contributed by atoms with Gasteiger partial charge in [-0.15, -0.1) is 10.2 Å². The number of anilines is 1. The third kappa shape index (κ3) is 6.07. The van der Waals surface area contributed by atoms with Crippen LogP contribution in [0.1, 0.15) is 31.9 Å². The lowest BCUT2D eigenvalue weighted by Crippen LogP contribution is -2.15. The van der Waals surface area contributed by atoms with Crippen LogP contribution in [0.25, 0.3) is 17.1 Å². The Morgan fingerprint density at radius 3 is 2.23 bits per heavy atom. The summed E-state index contributed by atoms with van der Waals surface area (Å²) in [6.07, 6.45) is 0. The van der Waals surface area contributed by atoms with Gasteiger partial charge in [-0.1, -0.05) is 80.0 Å². The molecule has 0 spiro atoms. The van der Waals surface area contributed by atoms with E-state index in [1.54, 1.807) is 12.1 Å². The minimum Gasteiger partial charge on any atom is -0.325 e. The first-order valence-electron chi connectivity index (χ1n) is 11.1. The van der Waals surface area contributed by atoms with Gasteiger partial charge in [0.2, 0.25) is 5.91 Å². The van der Waals surface area contributed by atoms with Crippen molar-refractivity contribution in [1.29, 1.82) is 0 Å². The molecule has 4 aromatic rings. The van der Waals surface area contributed by atoms with E-state index in [0.717, 1.165) is 22.5 Å². The Morgan fingerprint density at radius 2 is 1.60 bits per heavy atom. The van der Waals surface area contributed by atoms with Crippen molar-refractivity contribution in [1.82, 2.24) is 14.8 Å². The second-order valence-corrected chi connectivity index (χ2v) is 11.1. The van der Waals surface area contributed by atoms with Crippen molar-refractivity contribution in [2.24, 2.45) is 0 Å². The number of aryl methyl sites for hydroxylation is 1. The highest BCUT2D eigenvalue weighted by atomic mass is 35.5. The van der Waals surface area contributed by atoms with Gasteiger partial charge in [0.1, 0.15) is 0 Å². The highest BCUT2D eigenvalue weighted by Gasteiger charge is 2.19. The Kier molecular flexibility index (Phi) is 7.55. The van der Waals surface area contributed by atoms with Crippen LogP contribution in [0.5, 0.6) is 0 Å². The van der Waals surface area contributed by atoms with E-state index < -0.39 is 0 Å². The number of rotatable bonds is 6. The molecule has 4 rings (SSSR count). The van der Waals surface area contributed by atoms with Crippen molar-refractivity contribution < 1.29 is 4.79 Å². The number of hydrogen-bond acceptors (Lipinski definition) is 4. The zero-order chi connectivity index (χ0) is 25.2. The minimum absolute atomic E-state index is 0.0548. The molecule has 8 heteroatoms. The molecule has 0 radical (unpaired) electrons. The zero-order valence-corrected chi connectivity index (χ0v) is 22.3. The highest BCUT2D eigenvalue weighted by molar-refractivity contribution is 7.99. The quantitative estimate of drug-likeness (QED) is 0.264. The van der Waals surface area contributed by atoms with Gasteiger partial charge in [-0.25, -0.2) is 0 Å². The Bertz CT molecular complexity index is 1340. The smallest absolute Gasteiger partial charge is 0.234 e. The zero-order valence-electron chi connectivity index (χ0n) is 20.0. The molecule has 180 valence electrons. The predicted molar refractivity (Wildman–Crippen MR) is 146 cm³/mol. The summed E-state index contributed by atoms with van der Waals surface area (Å²) < 4.78 is 1.95. The van der Waals surface area contributed by atoms with Crippen LogP contribution < -0.4 is 5.32 Å². The normalized spacial score (nSPS) is 11.5. The van der Waals surface area contributed by atoms with E-state index in [-0.39, 0.29) is 17.1 Å². The molecule has 1 N–H and O–H groups in total. The molecule has 0 bridgehead atoms. The van der Waals surface area contributed by atoms with E-state index >= 15 is 0 Å². The van der Waals surface area contributed by atoms with Gasteiger partial charge < -0.3 is 5.32 Å². The largest absolute Gasteiger partial charge is 0.325 e. The average Bonchev–Trinajstić information content (AvgIpc) is 3.23. The first-order chi connectivity index (χ1) is 16.6. The second kappa shape index (κ2) is 10.4. The molecule has 0 aliphatic rings. The third-order valence-corrected chi connectivity index (χ3v) is 6.94. The Balaban J connectivity index is 1.61. The van der Waals surface area contributed by atoms with Crippen LogP contribution in [0.2, 0.25) is 10.0 Å². The van der Waals surface area contributed by atoms with E-state index in [0.29, 0.717) is 21.0 Å². The lowest BCUT2D eigenvalue weighted by molar-refractivity contribution is -0.113. The number of halogens is 2. The van der Waals surface area contributed by atoms with E-state index in [1.165, 1.54) is 17.3 Å². The van der Waals surface area contributed by atoms with E-state index in [1.807, 2.05) is 41.8 Å². The van der Waals surface area contributed by atoms with E-state index in [4.69, 9.17) is 23.2 Å². The molecule has 0 saturated carbocycles. The summed E-state index contributed by atoms with van der Waals surface area (Å²) >= 11 is 13.5. The predicted octanol–water partition coefficient (Wildman–Crippen LogP) is 7.58. The summed E-state index contributed by atoms with van der Waals surface area (Å²) in [6.45, 7) is 8.46. The lowest BCUT2D eigenvalue weighted by atomic mass is 9.87. The molecule has 1 aromatic heterocycles. The van der Waals surface area contributed by atoms with Crippen molar-refractivity contribution in [2.75, 3.05) is 11.1 Å². The second-order valence-electron chi connectivity index (χ2n) is 9.24. The fraction of sp³-hybridized carbons (Fsp3) is 0.222. The van der Waals surface area contributed by atoms with Gasteiger partial charge in [0.25, 0.3) is 0 Å². The maximum absolute atomic E-state index is 12.7. The summed E-state index contributed by atoms with van der Waals surface area (Å²) in [5, 5.41) is 13.7. The van der Waals surface area contributed by atoms with Crippen molar-refractivity contribution >= 4 is 46.6 Å². The van der Waals surface area contributed by atoms with Gasteiger partial charge >= 0.3 is 0 Å². The fourth-order valence-corrected chi connectivity index (χ4v) is 4.68. The van der Waals surface area contributed by atoms with Crippen molar-refractivity contribution in [3.8, 4) is 17.1 Å².